The summed E-state index contributed by atoms with van der Waals surface area (Å²) in [5.41, 5.74) is 7.80. The number of primary amides is 1. The molecule has 0 bridgehead atoms. The van der Waals surface area contributed by atoms with Gasteiger partial charge in [-0.05, 0) is 29.7 Å². The summed E-state index contributed by atoms with van der Waals surface area (Å²) in [5.74, 6) is -0.291. The quantitative estimate of drug-likeness (QED) is 0.539. The molecule has 1 unspecified atom stereocenters. The number of hydrogen-bond acceptors (Lipinski definition) is 3. The van der Waals surface area contributed by atoms with E-state index in [1.54, 1.807) is 19.2 Å². The Bertz CT molecular complexity index is 832. The number of rotatable bonds is 7. The number of nitrogens with zero attached hydrogens (tertiary/aromatic N) is 3. The first-order chi connectivity index (χ1) is 14.5. The van der Waals surface area contributed by atoms with Gasteiger partial charge in [0.15, 0.2) is 5.96 Å². The van der Waals surface area contributed by atoms with E-state index >= 15 is 0 Å². The first-order valence-electron chi connectivity index (χ1n) is 10.3. The highest BCUT2D eigenvalue weighted by Gasteiger charge is 2.22. The van der Waals surface area contributed by atoms with Crippen molar-refractivity contribution in [1.82, 2.24) is 15.1 Å². The summed E-state index contributed by atoms with van der Waals surface area (Å²) in [6.07, 6.45) is 0.463. The maximum absolute atomic E-state index is 13.1. The Morgan fingerprint density at radius 2 is 1.73 bits per heavy atom. The third-order valence-electron chi connectivity index (χ3n) is 5.44. The van der Waals surface area contributed by atoms with Crippen molar-refractivity contribution in [3.8, 4) is 0 Å². The van der Waals surface area contributed by atoms with Gasteiger partial charge in [-0.1, -0.05) is 42.5 Å². The van der Waals surface area contributed by atoms with Crippen LogP contribution in [0.1, 0.15) is 11.1 Å². The second-order valence-corrected chi connectivity index (χ2v) is 7.61. The largest absolute Gasteiger partial charge is 0.369 e. The molecular weight excluding hydrogens is 381 g/mol. The van der Waals surface area contributed by atoms with Gasteiger partial charge in [-0.2, -0.15) is 0 Å². The van der Waals surface area contributed by atoms with Gasteiger partial charge >= 0.3 is 0 Å². The highest BCUT2D eigenvalue weighted by molar-refractivity contribution is 5.82. The lowest BCUT2D eigenvalue weighted by atomic mass is 9.98. The second kappa shape index (κ2) is 10.7. The smallest absolute Gasteiger partial charge is 0.222 e. The average molecular weight is 412 g/mol. The molecule has 30 heavy (non-hydrogen) atoms. The lowest BCUT2D eigenvalue weighted by Crippen LogP contribution is -2.53. The summed E-state index contributed by atoms with van der Waals surface area (Å²) in [5, 5.41) is 3.30. The molecule has 0 spiro atoms. The normalized spacial score (nSPS) is 16.3. The Kier molecular flexibility index (Phi) is 7.79. The lowest BCUT2D eigenvalue weighted by molar-refractivity contribution is -0.121. The molecule has 3 rings (SSSR count). The number of guanidine groups is 1. The molecule has 1 heterocycles. The molecule has 6 nitrogen and oxygen atoms in total. The summed E-state index contributed by atoms with van der Waals surface area (Å²) in [4.78, 5) is 20.9. The standard InChI is InChI=1S/C23H30FN5O/c1-26-23(27-16-20(22(25)30)15-18-7-9-21(24)10-8-18)29-13-11-28(12-14-29)17-19-5-3-2-4-6-19/h2-10,20H,11-17H2,1H3,(H2,25,30)(H,26,27). The molecule has 0 saturated carbocycles. The summed E-state index contributed by atoms with van der Waals surface area (Å²) in [6, 6.07) is 16.6. The molecule has 1 aliphatic rings. The topological polar surface area (TPSA) is 74.0 Å². The van der Waals surface area contributed by atoms with Crippen LogP contribution in [0.4, 0.5) is 4.39 Å². The predicted octanol–water partition coefficient (Wildman–Crippen LogP) is 1.86. The molecule has 160 valence electrons. The number of amides is 1. The van der Waals surface area contributed by atoms with E-state index < -0.39 is 5.92 Å². The second-order valence-electron chi connectivity index (χ2n) is 7.61. The molecule has 7 heteroatoms. The fraction of sp³-hybridized carbons (Fsp3) is 0.391. The van der Waals surface area contributed by atoms with E-state index in [0.717, 1.165) is 44.2 Å². The maximum Gasteiger partial charge on any atom is 0.222 e. The number of halogens is 1. The molecule has 1 amide bonds. The van der Waals surface area contributed by atoms with Crippen molar-refractivity contribution in [2.45, 2.75) is 13.0 Å². The molecule has 1 fully saturated rings. The minimum atomic E-state index is -0.397. The number of carbonyl (C=O) groups is 1. The van der Waals surface area contributed by atoms with Gasteiger partial charge in [-0.25, -0.2) is 4.39 Å². The summed E-state index contributed by atoms with van der Waals surface area (Å²) in [7, 11) is 1.75. The third-order valence-corrected chi connectivity index (χ3v) is 5.44. The highest BCUT2D eigenvalue weighted by Crippen LogP contribution is 2.11. The van der Waals surface area contributed by atoms with Gasteiger partial charge in [0.2, 0.25) is 5.91 Å². The SMILES string of the molecule is CN=C(NCC(Cc1ccc(F)cc1)C(N)=O)N1CCN(Cc2ccccc2)CC1. The van der Waals surface area contributed by atoms with Gasteiger partial charge in [0.1, 0.15) is 5.82 Å². The zero-order valence-corrected chi connectivity index (χ0v) is 17.4. The van der Waals surface area contributed by atoms with E-state index in [-0.39, 0.29) is 11.7 Å². The lowest BCUT2D eigenvalue weighted by Gasteiger charge is -2.36. The van der Waals surface area contributed by atoms with Gasteiger partial charge in [0.25, 0.3) is 0 Å². The molecule has 3 N–H and O–H groups in total. The van der Waals surface area contributed by atoms with Gasteiger partial charge in [-0.15, -0.1) is 0 Å². The van der Waals surface area contributed by atoms with Crippen LogP contribution < -0.4 is 11.1 Å². The molecule has 1 saturated heterocycles. The van der Waals surface area contributed by atoms with Crippen LogP contribution in [0.15, 0.2) is 59.6 Å². The predicted molar refractivity (Wildman–Crippen MR) is 117 cm³/mol. The number of aliphatic imine (C=N–C) groups is 1. The van der Waals surface area contributed by atoms with Crippen LogP contribution in [0, 0.1) is 11.7 Å². The van der Waals surface area contributed by atoms with Crippen molar-refractivity contribution < 1.29 is 9.18 Å². The Balaban J connectivity index is 1.49. The van der Waals surface area contributed by atoms with Crippen LogP contribution in [0.2, 0.25) is 0 Å². The fourth-order valence-electron chi connectivity index (χ4n) is 3.68. The minimum absolute atomic E-state index is 0.292. The van der Waals surface area contributed by atoms with Crippen LogP contribution >= 0.6 is 0 Å². The van der Waals surface area contributed by atoms with Gasteiger partial charge in [0.05, 0.1) is 5.92 Å². The Morgan fingerprint density at radius 1 is 1.07 bits per heavy atom. The van der Waals surface area contributed by atoms with Crippen molar-refractivity contribution in [1.29, 1.82) is 0 Å². The number of carbonyl (C=O) groups excluding carboxylic acids is 1. The highest BCUT2D eigenvalue weighted by atomic mass is 19.1. The van der Waals surface area contributed by atoms with Crippen molar-refractivity contribution >= 4 is 11.9 Å². The first-order valence-corrected chi connectivity index (χ1v) is 10.3. The summed E-state index contributed by atoms with van der Waals surface area (Å²) < 4.78 is 13.1. The monoisotopic (exact) mass is 411 g/mol. The Hall–Kier alpha value is -2.93. The Morgan fingerprint density at radius 3 is 2.33 bits per heavy atom. The van der Waals surface area contributed by atoms with Gasteiger partial charge in [0, 0.05) is 46.3 Å². The molecule has 2 aromatic rings. The van der Waals surface area contributed by atoms with Crippen molar-refractivity contribution in [3.05, 3.63) is 71.5 Å². The van der Waals surface area contributed by atoms with Crippen molar-refractivity contribution in [3.63, 3.8) is 0 Å². The number of benzene rings is 2. The molecule has 2 aromatic carbocycles. The van der Waals surface area contributed by atoms with E-state index in [4.69, 9.17) is 5.73 Å². The summed E-state index contributed by atoms with van der Waals surface area (Å²) in [6.45, 7) is 4.97. The summed E-state index contributed by atoms with van der Waals surface area (Å²) >= 11 is 0. The van der Waals surface area contributed by atoms with Crippen molar-refractivity contribution in [2.75, 3.05) is 39.8 Å². The average Bonchev–Trinajstić information content (AvgIpc) is 2.76. The molecular formula is C23H30FN5O. The van der Waals surface area contributed by atoms with E-state index in [0.29, 0.717) is 13.0 Å². The fourth-order valence-corrected chi connectivity index (χ4v) is 3.68. The van der Waals surface area contributed by atoms with E-state index in [1.165, 1.54) is 17.7 Å². The van der Waals surface area contributed by atoms with Gasteiger partial charge < -0.3 is 16.0 Å². The number of piperazine rings is 1. The van der Waals surface area contributed by atoms with E-state index in [1.807, 2.05) is 6.07 Å². The van der Waals surface area contributed by atoms with E-state index in [2.05, 4.69) is 44.4 Å². The van der Waals surface area contributed by atoms with Crippen LogP contribution in [-0.4, -0.2) is 61.4 Å². The van der Waals surface area contributed by atoms with Crippen molar-refractivity contribution in [2.24, 2.45) is 16.6 Å². The van der Waals surface area contributed by atoms with Crippen LogP contribution in [0.5, 0.6) is 0 Å². The molecule has 1 atom stereocenters. The molecule has 0 aliphatic carbocycles. The Labute approximate surface area is 177 Å². The van der Waals surface area contributed by atoms with E-state index in [9.17, 15) is 9.18 Å². The van der Waals surface area contributed by atoms with Crippen LogP contribution in [0.3, 0.4) is 0 Å². The zero-order chi connectivity index (χ0) is 21.3. The third kappa shape index (κ3) is 6.29. The van der Waals surface area contributed by atoms with Crippen LogP contribution in [-0.2, 0) is 17.8 Å². The number of hydrogen-bond donors (Lipinski definition) is 2. The zero-order valence-electron chi connectivity index (χ0n) is 17.4. The minimum Gasteiger partial charge on any atom is -0.369 e. The molecule has 0 aromatic heterocycles. The molecule has 0 radical (unpaired) electrons. The number of nitrogens with one attached hydrogen (secondary N) is 1. The first kappa shape index (κ1) is 21.8. The maximum atomic E-state index is 13.1. The van der Waals surface area contributed by atoms with Gasteiger partial charge in [-0.3, -0.25) is 14.7 Å². The number of nitrogens with two attached hydrogens (primary N) is 1. The van der Waals surface area contributed by atoms with Crippen LogP contribution in [0.25, 0.3) is 0 Å². The molecule has 1 aliphatic heterocycles.